The van der Waals surface area contributed by atoms with E-state index in [1.165, 1.54) is 12.1 Å². The minimum absolute atomic E-state index is 0.0337. The Bertz CT molecular complexity index is 815. The van der Waals surface area contributed by atoms with Crippen LogP contribution in [0.4, 0.5) is 4.39 Å². The Labute approximate surface area is 115 Å². The maximum Gasteiger partial charge on any atom is 0.231 e. The van der Waals surface area contributed by atoms with E-state index in [9.17, 15) is 9.18 Å². The van der Waals surface area contributed by atoms with Crippen molar-refractivity contribution in [1.82, 2.24) is 0 Å². The summed E-state index contributed by atoms with van der Waals surface area (Å²) in [4.78, 5) is 12.4. The summed E-state index contributed by atoms with van der Waals surface area (Å²) in [5.74, 6) is -0.751. The highest BCUT2D eigenvalue weighted by molar-refractivity contribution is 6.10. The second kappa shape index (κ2) is 4.60. The van der Waals surface area contributed by atoms with Crippen LogP contribution >= 0.6 is 0 Å². The number of hydrogen-bond acceptors (Lipinski definition) is 2. The summed E-state index contributed by atoms with van der Waals surface area (Å²) in [7, 11) is 0. The standard InChI is InChI=1S/C17H13FO2/c1-10-7-8-15-13(9-10)11(2)17(20-15)16(19)12-5-3-4-6-14(12)18/h3-9H,1-2H3. The normalized spacial score (nSPS) is 10.9. The summed E-state index contributed by atoms with van der Waals surface area (Å²) >= 11 is 0. The number of aryl methyl sites for hydroxylation is 2. The molecule has 3 rings (SSSR count). The zero-order valence-corrected chi connectivity index (χ0v) is 11.2. The van der Waals surface area contributed by atoms with Crippen molar-refractivity contribution in [2.45, 2.75) is 13.8 Å². The van der Waals surface area contributed by atoms with Crippen LogP contribution in [0.5, 0.6) is 0 Å². The van der Waals surface area contributed by atoms with E-state index in [4.69, 9.17) is 4.42 Å². The van der Waals surface area contributed by atoms with E-state index in [1.807, 2.05) is 32.0 Å². The van der Waals surface area contributed by atoms with Crippen LogP contribution in [0, 0.1) is 19.7 Å². The fourth-order valence-corrected chi connectivity index (χ4v) is 2.32. The third-order valence-electron chi connectivity index (χ3n) is 3.42. The molecule has 20 heavy (non-hydrogen) atoms. The van der Waals surface area contributed by atoms with Crippen molar-refractivity contribution in [1.29, 1.82) is 0 Å². The van der Waals surface area contributed by atoms with Crippen LogP contribution in [-0.2, 0) is 0 Å². The highest BCUT2D eigenvalue weighted by atomic mass is 19.1. The Balaban J connectivity index is 2.18. The first-order chi connectivity index (χ1) is 9.58. The van der Waals surface area contributed by atoms with Crippen molar-refractivity contribution >= 4 is 16.8 Å². The average molecular weight is 268 g/mol. The first-order valence-corrected chi connectivity index (χ1v) is 6.37. The van der Waals surface area contributed by atoms with Gasteiger partial charge in [-0.3, -0.25) is 4.79 Å². The summed E-state index contributed by atoms with van der Waals surface area (Å²) < 4.78 is 19.3. The molecule has 0 radical (unpaired) electrons. The van der Waals surface area contributed by atoms with E-state index in [-0.39, 0.29) is 11.3 Å². The second-order valence-electron chi connectivity index (χ2n) is 4.86. The molecule has 3 aromatic rings. The van der Waals surface area contributed by atoms with Gasteiger partial charge in [0.2, 0.25) is 5.78 Å². The second-order valence-corrected chi connectivity index (χ2v) is 4.86. The summed E-state index contributed by atoms with van der Waals surface area (Å²) in [6.07, 6.45) is 0. The molecule has 2 nitrogen and oxygen atoms in total. The molecule has 0 atom stereocenters. The Kier molecular flexibility index (Phi) is 2.90. The molecular weight excluding hydrogens is 255 g/mol. The van der Waals surface area contributed by atoms with E-state index in [1.54, 1.807) is 12.1 Å². The number of halogens is 1. The Morgan fingerprint density at radius 3 is 2.60 bits per heavy atom. The minimum atomic E-state index is -0.534. The van der Waals surface area contributed by atoms with Crippen molar-refractivity contribution < 1.29 is 13.6 Å². The Morgan fingerprint density at radius 1 is 1.10 bits per heavy atom. The predicted molar refractivity (Wildman–Crippen MR) is 75.5 cm³/mol. The van der Waals surface area contributed by atoms with Crippen molar-refractivity contribution in [3.63, 3.8) is 0 Å². The first-order valence-electron chi connectivity index (χ1n) is 6.37. The van der Waals surface area contributed by atoms with Crippen LogP contribution in [0.3, 0.4) is 0 Å². The summed E-state index contributed by atoms with van der Waals surface area (Å²) in [5.41, 5.74) is 2.52. The molecule has 0 aliphatic heterocycles. The third kappa shape index (κ3) is 1.92. The van der Waals surface area contributed by atoms with Crippen molar-refractivity contribution in [3.8, 4) is 0 Å². The van der Waals surface area contributed by atoms with Gasteiger partial charge in [0.25, 0.3) is 0 Å². The number of furan rings is 1. The topological polar surface area (TPSA) is 30.2 Å². The first kappa shape index (κ1) is 12.6. The number of benzene rings is 2. The number of carbonyl (C=O) groups is 1. The number of fused-ring (bicyclic) bond motifs is 1. The molecule has 0 fully saturated rings. The predicted octanol–water partition coefficient (Wildman–Crippen LogP) is 4.42. The zero-order valence-electron chi connectivity index (χ0n) is 11.2. The molecule has 0 saturated heterocycles. The van der Waals surface area contributed by atoms with Crippen molar-refractivity contribution in [2.24, 2.45) is 0 Å². The lowest BCUT2D eigenvalue weighted by atomic mass is 10.0. The van der Waals surface area contributed by atoms with Gasteiger partial charge in [-0.15, -0.1) is 0 Å². The molecule has 0 N–H and O–H groups in total. The minimum Gasteiger partial charge on any atom is -0.452 e. The van der Waals surface area contributed by atoms with E-state index >= 15 is 0 Å². The molecule has 0 unspecified atom stereocenters. The average Bonchev–Trinajstić information content (AvgIpc) is 2.76. The smallest absolute Gasteiger partial charge is 0.231 e. The van der Waals surface area contributed by atoms with Crippen LogP contribution in [0.1, 0.15) is 27.2 Å². The Morgan fingerprint density at radius 2 is 1.85 bits per heavy atom. The van der Waals surface area contributed by atoms with Gasteiger partial charge in [-0.25, -0.2) is 4.39 Å². The molecule has 1 heterocycles. The molecule has 0 spiro atoms. The van der Waals surface area contributed by atoms with Crippen molar-refractivity contribution in [2.75, 3.05) is 0 Å². The van der Waals surface area contributed by atoms with Crippen LogP contribution in [-0.4, -0.2) is 5.78 Å². The van der Waals surface area contributed by atoms with Gasteiger partial charge in [0.05, 0.1) is 5.56 Å². The molecule has 3 heteroatoms. The molecule has 0 amide bonds. The van der Waals surface area contributed by atoms with Gasteiger partial charge in [0, 0.05) is 10.9 Å². The van der Waals surface area contributed by atoms with Gasteiger partial charge in [-0.05, 0) is 38.1 Å². The van der Waals surface area contributed by atoms with Gasteiger partial charge in [-0.1, -0.05) is 23.8 Å². The molecule has 100 valence electrons. The lowest BCUT2D eigenvalue weighted by Gasteiger charge is -2.00. The number of hydrogen-bond donors (Lipinski definition) is 0. The van der Waals surface area contributed by atoms with E-state index in [2.05, 4.69) is 0 Å². The monoisotopic (exact) mass is 268 g/mol. The van der Waals surface area contributed by atoms with Crippen LogP contribution in [0.15, 0.2) is 46.9 Å². The molecular formula is C17H13FO2. The van der Waals surface area contributed by atoms with Gasteiger partial charge >= 0.3 is 0 Å². The molecule has 0 saturated carbocycles. The number of ketones is 1. The van der Waals surface area contributed by atoms with E-state index in [0.717, 1.165) is 16.5 Å². The van der Waals surface area contributed by atoms with Gasteiger partial charge < -0.3 is 4.42 Å². The van der Waals surface area contributed by atoms with Crippen LogP contribution in [0.2, 0.25) is 0 Å². The van der Waals surface area contributed by atoms with E-state index in [0.29, 0.717) is 5.58 Å². The molecule has 0 aliphatic rings. The quantitative estimate of drug-likeness (QED) is 0.644. The maximum atomic E-state index is 13.7. The van der Waals surface area contributed by atoms with Crippen LogP contribution in [0.25, 0.3) is 11.0 Å². The van der Waals surface area contributed by atoms with Gasteiger partial charge in [0.15, 0.2) is 5.76 Å². The van der Waals surface area contributed by atoms with Gasteiger partial charge in [-0.2, -0.15) is 0 Å². The lowest BCUT2D eigenvalue weighted by Crippen LogP contribution is -2.04. The van der Waals surface area contributed by atoms with Gasteiger partial charge in [0.1, 0.15) is 11.4 Å². The van der Waals surface area contributed by atoms with Crippen LogP contribution < -0.4 is 0 Å². The molecule has 0 aliphatic carbocycles. The van der Waals surface area contributed by atoms with E-state index < -0.39 is 11.6 Å². The number of carbonyl (C=O) groups excluding carboxylic acids is 1. The highest BCUT2D eigenvalue weighted by Crippen LogP contribution is 2.28. The largest absolute Gasteiger partial charge is 0.452 e. The zero-order chi connectivity index (χ0) is 14.3. The Hall–Kier alpha value is -2.42. The highest BCUT2D eigenvalue weighted by Gasteiger charge is 2.21. The fraction of sp³-hybridized carbons (Fsp3) is 0.118. The molecule has 1 aromatic heterocycles. The fourth-order valence-electron chi connectivity index (χ4n) is 2.32. The third-order valence-corrected chi connectivity index (χ3v) is 3.42. The lowest BCUT2D eigenvalue weighted by molar-refractivity contribution is 0.101. The summed E-state index contributed by atoms with van der Waals surface area (Å²) in [6, 6.07) is 11.6. The summed E-state index contributed by atoms with van der Waals surface area (Å²) in [6.45, 7) is 3.80. The number of rotatable bonds is 2. The van der Waals surface area contributed by atoms with Crippen molar-refractivity contribution in [3.05, 3.63) is 70.7 Å². The molecule has 0 bridgehead atoms. The SMILES string of the molecule is Cc1ccc2oc(C(=O)c3ccccc3F)c(C)c2c1. The summed E-state index contributed by atoms with van der Waals surface area (Å²) in [5, 5.41) is 0.893. The maximum absolute atomic E-state index is 13.7. The molecule has 2 aromatic carbocycles.